The highest BCUT2D eigenvalue weighted by atomic mass is 14.1. The van der Waals surface area contributed by atoms with Crippen molar-refractivity contribution < 1.29 is 0 Å². The maximum absolute atomic E-state index is 4.45. The fraction of sp³-hybridized carbons (Fsp3) is 0.774. The summed E-state index contributed by atoms with van der Waals surface area (Å²) in [6.07, 6.45) is 30.7. The fourth-order valence-electron chi connectivity index (χ4n) is 4.76. The van der Waals surface area contributed by atoms with E-state index in [2.05, 4.69) is 39.0 Å². The third-order valence-electron chi connectivity index (χ3n) is 6.97. The summed E-state index contributed by atoms with van der Waals surface area (Å²) >= 11 is 0. The number of benzene rings is 1. The topological polar surface area (TPSA) is 0 Å². The van der Waals surface area contributed by atoms with Crippen molar-refractivity contribution in [3.8, 4) is 0 Å². The summed E-state index contributed by atoms with van der Waals surface area (Å²) in [5.41, 5.74) is 4.35. The van der Waals surface area contributed by atoms with E-state index < -0.39 is 0 Å². The molecule has 0 heterocycles. The summed E-state index contributed by atoms with van der Waals surface area (Å²) in [6, 6.07) is 6.90. The van der Waals surface area contributed by atoms with Crippen molar-refractivity contribution in [2.75, 3.05) is 0 Å². The molecule has 179 valence electrons. The molecular weight excluding hydrogens is 372 g/mol. The first-order valence-corrected chi connectivity index (χ1v) is 14.2. The van der Waals surface area contributed by atoms with Gasteiger partial charge in [-0.15, -0.1) is 0 Å². The third-order valence-corrected chi connectivity index (χ3v) is 6.97. The van der Waals surface area contributed by atoms with Crippen molar-refractivity contribution in [3.05, 3.63) is 41.8 Å². The molecule has 0 saturated carbocycles. The molecule has 0 aliphatic heterocycles. The predicted octanol–water partition coefficient (Wildman–Crippen LogP) is 10.8. The van der Waals surface area contributed by atoms with E-state index in [0.29, 0.717) is 0 Å². The molecule has 0 aromatic heterocycles. The van der Waals surface area contributed by atoms with Crippen molar-refractivity contribution in [1.29, 1.82) is 0 Å². The fourth-order valence-corrected chi connectivity index (χ4v) is 4.76. The first-order valence-electron chi connectivity index (χ1n) is 14.2. The number of rotatable bonds is 22. The normalized spacial score (nSPS) is 11.3. The molecule has 1 rings (SSSR count). The first-order chi connectivity index (χ1) is 15.3. The zero-order valence-corrected chi connectivity index (χ0v) is 21.5. The average molecular weight is 428 g/mol. The second-order valence-corrected chi connectivity index (χ2v) is 9.92. The molecule has 0 fully saturated rings. The quantitative estimate of drug-likeness (QED) is 0.161. The lowest BCUT2D eigenvalue weighted by Gasteiger charge is -2.11. The van der Waals surface area contributed by atoms with Gasteiger partial charge in [0.05, 0.1) is 0 Å². The molecule has 0 heteroatoms. The van der Waals surface area contributed by atoms with Crippen LogP contribution in [0.5, 0.6) is 0 Å². The molecule has 0 aliphatic carbocycles. The molecule has 0 N–H and O–H groups in total. The molecular formula is C31H55. The van der Waals surface area contributed by atoms with Gasteiger partial charge in [0.2, 0.25) is 0 Å². The van der Waals surface area contributed by atoms with Crippen LogP contribution in [-0.4, -0.2) is 0 Å². The van der Waals surface area contributed by atoms with Crippen LogP contribution in [0.25, 0.3) is 0 Å². The summed E-state index contributed by atoms with van der Waals surface area (Å²) in [7, 11) is 0. The van der Waals surface area contributed by atoms with Gasteiger partial charge in [-0.3, -0.25) is 0 Å². The Balaban J connectivity index is 2.07. The van der Waals surface area contributed by atoms with Crippen LogP contribution in [0.2, 0.25) is 0 Å². The van der Waals surface area contributed by atoms with Crippen LogP contribution < -0.4 is 0 Å². The van der Waals surface area contributed by atoms with Crippen LogP contribution in [0, 0.1) is 6.92 Å². The van der Waals surface area contributed by atoms with Crippen LogP contribution in [0.3, 0.4) is 0 Å². The minimum absolute atomic E-state index is 1.22. The van der Waals surface area contributed by atoms with E-state index in [9.17, 15) is 0 Å². The summed E-state index contributed by atoms with van der Waals surface area (Å²) in [5, 5.41) is 0. The van der Waals surface area contributed by atoms with Crippen molar-refractivity contribution in [1.82, 2.24) is 0 Å². The molecule has 0 spiro atoms. The number of aryl methyl sites for hydroxylation is 2. The Morgan fingerprint density at radius 3 is 1.06 bits per heavy atom. The highest BCUT2D eigenvalue weighted by molar-refractivity contribution is 5.37. The lowest BCUT2D eigenvalue weighted by atomic mass is 9.94. The third kappa shape index (κ3) is 15.6. The lowest BCUT2D eigenvalue weighted by Crippen LogP contribution is -1.97. The molecule has 1 aromatic rings. The van der Waals surface area contributed by atoms with Gasteiger partial charge in [-0.25, -0.2) is 0 Å². The Morgan fingerprint density at radius 2 is 0.742 bits per heavy atom. The van der Waals surface area contributed by atoms with E-state index in [-0.39, 0.29) is 0 Å². The summed E-state index contributed by atoms with van der Waals surface area (Å²) < 4.78 is 0. The first kappa shape index (κ1) is 28.3. The SMILES string of the molecule is [CH2]c1c(CCCCCCCCCCCC)cccc1CCCCCCCCCCCC. The van der Waals surface area contributed by atoms with Gasteiger partial charge in [-0.1, -0.05) is 148 Å². The predicted molar refractivity (Wildman–Crippen MR) is 142 cm³/mol. The van der Waals surface area contributed by atoms with Crippen LogP contribution in [-0.2, 0) is 12.8 Å². The van der Waals surface area contributed by atoms with Crippen molar-refractivity contribution in [2.24, 2.45) is 0 Å². The van der Waals surface area contributed by atoms with E-state index in [0.717, 1.165) is 0 Å². The Morgan fingerprint density at radius 1 is 0.452 bits per heavy atom. The van der Waals surface area contributed by atoms with Gasteiger partial charge >= 0.3 is 0 Å². The number of hydrogen-bond donors (Lipinski definition) is 0. The average Bonchev–Trinajstić information content (AvgIpc) is 2.78. The minimum atomic E-state index is 1.22. The van der Waals surface area contributed by atoms with Gasteiger partial charge in [-0.2, -0.15) is 0 Å². The van der Waals surface area contributed by atoms with Gasteiger partial charge in [0, 0.05) is 0 Å². The smallest absolute Gasteiger partial charge is 0.0233 e. The summed E-state index contributed by atoms with van der Waals surface area (Å²) in [4.78, 5) is 0. The number of unbranched alkanes of at least 4 members (excludes halogenated alkanes) is 18. The molecule has 0 aliphatic rings. The molecule has 1 radical (unpaired) electrons. The van der Waals surface area contributed by atoms with Crippen molar-refractivity contribution >= 4 is 0 Å². The van der Waals surface area contributed by atoms with E-state index in [1.54, 1.807) is 0 Å². The largest absolute Gasteiger partial charge is 0.0654 e. The molecule has 0 atom stereocenters. The van der Waals surface area contributed by atoms with Crippen LogP contribution >= 0.6 is 0 Å². The Kier molecular flexibility index (Phi) is 19.2. The highest BCUT2D eigenvalue weighted by Crippen LogP contribution is 2.20. The van der Waals surface area contributed by atoms with E-state index in [1.165, 1.54) is 158 Å². The molecule has 31 heavy (non-hydrogen) atoms. The Hall–Kier alpha value is -0.780. The van der Waals surface area contributed by atoms with E-state index in [1.807, 2.05) is 0 Å². The Bertz CT molecular complexity index is 459. The Labute approximate surface area is 197 Å². The van der Waals surface area contributed by atoms with Gasteiger partial charge in [0.25, 0.3) is 0 Å². The van der Waals surface area contributed by atoms with Crippen LogP contribution in [0.15, 0.2) is 18.2 Å². The molecule has 0 nitrogen and oxygen atoms in total. The number of hydrogen-bond acceptors (Lipinski definition) is 0. The molecule has 0 amide bonds. The van der Waals surface area contributed by atoms with E-state index >= 15 is 0 Å². The molecule has 0 unspecified atom stereocenters. The summed E-state index contributed by atoms with van der Waals surface area (Å²) in [6.45, 7) is 9.04. The van der Waals surface area contributed by atoms with Crippen LogP contribution in [0.1, 0.15) is 159 Å². The summed E-state index contributed by atoms with van der Waals surface area (Å²) in [5.74, 6) is 0. The second kappa shape index (κ2) is 21.1. The lowest BCUT2D eigenvalue weighted by molar-refractivity contribution is 0.555. The maximum atomic E-state index is 4.45. The molecule has 0 bridgehead atoms. The van der Waals surface area contributed by atoms with Gasteiger partial charge in [0.1, 0.15) is 0 Å². The zero-order valence-electron chi connectivity index (χ0n) is 21.5. The van der Waals surface area contributed by atoms with Gasteiger partial charge in [-0.05, 0) is 49.3 Å². The minimum Gasteiger partial charge on any atom is -0.0654 e. The standard InChI is InChI=1S/C31H55/c1-4-6-8-10-12-14-16-18-20-22-25-30-27-24-28-31(29(30)3)26-23-21-19-17-15-13-11-9-7-5-2/h24,27-28H,3-23,25-26H2,1-2H3. The van der Waals surface area contributed by atoms with Crippen molar-refractivity contribution in [3.63, 3.8) is 0 Å². The highest BCUT2D eigenvalue weighted by Gasteiger charge is 2.04. The monoisotopic (exact) mass is 427 g/mol. The zero-order chi connectivity index (χ0) is 22.4. The van der Waals surface area contributed by atoms with Gasteiger partial charge in [0.15, 0.2) is 0 Å². The maximum Gasteiger partial charge on any atom is -0.0233 e. The van der Waals surface area contributed by atoms with Crippen LogP contribution in [0.4, 0.5) is 0 Å². The second-order valence-electron chi connectivity index (χ2n) is 9.92. The van der Waals surface area contributed by atoms with Gasteiger partial charge < -0.3 is 0 Å². The molecule has 0 saturated heterocycles. The molecule has 1 aromatic carbocycles. The van der Waals surface area contributed by atoms with Crippen molar-refractivity contribution in [2.45, 2.75) is 155 Å². The van der Waals surface area contributed by atoms with E-state index in [4.69, 9.17) is 0 Å².